The molecule has 2 N–H and O–H groups in total. The molecular formula is C8H9FN2O2. The van der Waals surface area contributed by atoms with Crippen LogP contribution >= 0.6 is 0 Å². The second-order valence-electron chi connectivity index (χ2n) is 2.72. The molecule has 0 aliphatic heterocycles. The van der Waals surface area contributed by atoms with Gasteiger partial charge in [0, 0.05) is 12.1 Å². The summed E-state index contributed by atoms with van der Waals surface area (Å²) in [5, 5.41) is 10.5. The summed E-state index contributed by atoms with van der Waals surface area (Å²) in [6.45, 7) is 1.51. The van der Waals surface area contributed by atoms with Gasteiger partial charge in [0.05, 0.1) is 10.5 Å². The van der Waals surface area contributed by atoms with Gasteiger partial charge in [-0.05, 0) is 13.0 Å². The highest BCUT2D eigenvalue weighted by Gasteiger charge is 2.20. The van der Waals surface area contributed by atoms with Crippen LogP contribution in [0.15, 0.2) is 18.2 Å². The number of benzene rings is 1. The molecule has 0 aliphatic rings. The topological polar surface area (TPSA) is 69.2 Å². The van der Waals surface area contributed by atoms with Gasteiger partial charge in [0.1, 0.15) is 5.82 Å². The molecule has 70 valence electrons. The number of nitro groups is 1. The Bertz CT molecular complexity index is 339. The first-order valence-corrected chi connectivity index (χ1v) is 3.72. The van der Waals surface area contributed by atoms with E-state index in [1.54, 1.807) is 0 Å². The zero-order valence-corrected chi connectivity index (χ0v) is 7.03. The van der Waals surface area contributed by atoms with Gasteiger partial charge in [-0.25, -0.2) is 4.39 Å². The summed E-state index contributed by atoms with van der Waals surface area (Å²) < 4.78 is 13.1. The van der Waals surface area contributed by atoms with Gasteiger partial charge in [-0.15, -0.1) is 0 Å². The zero-order valence-electron chi connectivity index (χ0n) is 7.03. The highest BCUT2D eigenvalue weighted by Crippen LogP contribution is 2.25. The van der Waals surface area contributed by atoms with Gasteiger partial charge in [0.2, 0.25) is 0 Å². The number of hydrogen-bond donors (Lipinski definition) is 1. The maximum Gasteiger partial charge on any atom is 0.277 e. The van der Waals surface area contributed by atoms with Crippen molar-refractivity contribution in [1.29, 1.82) is 0 Å². The Hall–Kier alpha value is -1.49. The van der Waals surface area contributed by atoms with Gasteiger partial charge >= 0.3 is 0 Å². The van der Waals surface area contributed by atoms with Gasteiger partial charge < -0.3 is 5.73 Å². The lowest BCUT2D eigenvalue weighted by Gasteiger charge is -2.06. The minimum Gasteiger partial charge on any atom is -0.324 e. The molecule has 0 fully saturated rings. The second-order valence-corrected chi connectivity index (χ2v) is 2.72. The molecule has 0 bridgehead atoms. The number of nitro benzene ring substituents is 1. The predicted molar refractivity (Wildman–Crippen MR) is 45.7 cm³/mol. The monoisotopic (exact) mass is 184 g/mol. The summed E-state index contributed by atoms with van der Waals surface area (Å²) in [6, 6.07) is 3.01. The smallest absolute Gasteiger partial charge is 0.277 e. The molecular weight excluding hydrogens is 175 g/mol. The Labute approximate surface area is 74.3 Å². The molecule has 0 radical (unpaired) electrons. The van der Waals surface area contributed by atoms with Gasteiger partial charge in [0.25, 0.3) is 5.69 Å². The van der Waals surface area contributed by atoms with Crippen LogP contribution in [0.4, 0.5) is 10.1 Å². The van der Waals surface area contributed by atoms with E-state index in [2.05, 4.69) is 0 Å². The summed E-state index contributed by atoms with van der Waals surface area (Å²) in [7, 11) is 0. The summed E-state index contributed by atoms with van der Waals surface area (Å²) in [6.07, 6.45) is 0. The molecule has 0 saturated carbocycles. The van der Waals surface area contributed by atoms with E-state index < -0.39 is 16.8 Å². The summed E-state index contributed by atoms with van der Waals surface area (Å²) in [5.74, 6) is -0.635. The third kappa shape index (κ3) is 1.81. The third-order valence-electron chi connectivity index (χ3n) is 1.68. The molecule has 0 heterocycles. The van der Waals surface area contributed by atoms with Crippen molar-refractivity contribution in [2.75, 3.05) is 0 Å². The molecule has 1 atom stereocenters. The van der Waals surface area contributed by atoms with Crippen LogP contribution in [-0.2, 0) is 0 Å². The number of rotatable bonds is 2. The molecule has 0 saturated heterocycles. The van der Waals surface area contributed by atoms with E-state index in [-0.39, 0.29) is 11.3 Å². The van der Waals surface area contributed by atoms with E-state index in [1.165, 1.54) is 19.1 Å². The van der Waals surface area contributed by atoms with Crippen LogP contribution in [-0.4, -0.2) is 4.92 Å². The minimum absolute atomic E-state index is 0.0486. The Morgan fingerprint density at radius 2 is 2.23 bits per heavy atom. The van der Waals surface area contributed by atoms with Gasteiger partial charge in [-0.2, -0.15) is 0 Å². The van der Waals surface area contributed by atoms with Crippen LogP contribution in [0.25, 0.3) is 0 Å². The standard InChI is InChI=1S/C8H9FN2O2/c1-5(10)8-6(9)3-2-4-7(8)11(12)13/h2-5H,10H2,1H3/t5-/m1/s1. The molecule has 13 heavy (non-hydrogen) atoms. The van der Waals surface area contributed by atoms with E-state index in [1.807, 2.05) is 0 Å². The van der Waals surface area contributed by atoms with Crippen molar-refractivity contribution >= 4 is 5.69 Å². The minimum atomic E-state index is -0.679. The van der Waals surface area contributed by atoms with Gasteiger partial charge in [0.15, 0.2) is 0 Å². The fourth-order valence-electron chi connectivity index (χ4n) is 1.14. The van der Waals surface area contributed by atoms with Crippen LogP contribution in [0.5, 0.6) is 0 Å². The van der Waals surface area contributed by atoms with Crippen LogP contribution in [0, 0.1) is 15.9 Å². The number of nitrogens with two attached hydrogens (primary N) is 1. The average molecular weight is 184 g/mol. The highest BCUT2D eigenvalue weighted by atomic mass is 19.1. The lowest BCUT2D eigenvalue weighted by molar-refractivity contribution is -0.385. The van der Waals surface area contributed by atoms with Crippen molar-refractivity contribution in [1.82, 2.24) is 0 Å². The summed E-state index contributed by atoms with van der Waals surface area (Å²) >= 11 is 0. The van der Waals surface area contributed by atoms with Crippen molar-refractivity contribution in [2.45, 2.75) is 13.0 Å². The van der Waals surface area contributed by atoms with Gasteiger partial charge in [-0.3, -0.25) is 10.1 Å². The molecule has 0 amide bonds. The van der Waals surface area contributed by atoms with Crippen LogP contribution < -0.4 is 5.73 Å². The SMILES string of the molecule is C[C@@H](N)c1c(F)cccc1[N+](=O)[O-]. The number of halogens is 1. The molecule has 0 aliphatic carbocycles. The van der Waals surface area contributed by atoms with E-state index >= 15 is 0 Å². The number of hydrogen-bond acceptors (Lipinski definition) is 3. The number of nitrogens with zero attached hydrogens (tertiary/aromatic N) is 1. The molecule has 1 rings (SSSR count). The molecule has 0 aromatic heterocycles. The first kappa shape index (κ1) is 9.60. The first-order valence-electron chi connectivity index (χ1n) is 3.72. The fraction of sp³-hybridized carbons (Fsp3) is 0.250. The maximum absolute atomic E-state index is 13.1. The first-order chi connectivity index (χ1) is 6.04. The van der Waals surface area contributed by atoms with Crippen molar-refractivity contribution in [3.63, 3.8) is 0 Å². The predicted octanol–water partition coefficient (Wildman–Crippen LogP) is 1.75. The highest BCUT2D eigenvalue weighted by molar-refractivity contribution is 5.42. The third-order valence-corrected chi connectivity index (χ3v) is 1.68. The van der Waals surface area contributed by atoms with Crippen molar-refractivity contribution in [2.24, 2.45) is 5.73 Å². The second kappa shape index (κ2) is 3.49. The van der Waals surface area contributed by atoms with E-state index in [9.17, 15) is 14.5 Å². The maximum atomic E-state index is 13.1. The van der Waals surface area contributed by atoms with E-state index in [4.69, 9.17) is 5.73 Å². The van der Waals surface area contributed by atoms with E-state index in [0.29, 0.717) is 0 Å². The molecule has 4 nitrogen and oxygen atoms in total. The lowest BCUT2D eigenvalue weighted by atomic mass is 10.1. The zero-order chi connectivity index (χ0) is 10.0. The fourth-order valence-corrected chi connectivity index (χ4v) is 1.14. The summed E-state index contributed by atoms with van der Waals surface area (Å²) in [4.78, 5) is 9.82. The summed E-state index contributed by atoms with van der Waals surface area (Å²) in [5.41, 5.74) is 5.09. The van der Waals surface area contributed by atoms with Crippen molar-refractivity contribution in [3.8, 4) is 0 Å². The van der Waals surface area contributed by atoms with Crippen LogP contribution in [0.1, 0.15) is 18.5 Å². The molecule has 5 heteroatoms. The Morgan fingerprint density at radius 1 is 1.62 bits per heavy atom. The molecule has 0 spiro atoms. The van der Waals surface area contributed by atoms with Crippen molar-refractivity contribution in [3.05, 3.63) is 39.7 Å². The average Bonchev–Trinajstić information content (AvgIpc) is 2.02. The van der Waals surface area contributed by atoms with Crippen LogP contribution in [0.3, 0.4) is 0 Å². The molecule has 1 aromatic carbocycles. The normalized spacial score (nSPS) is 12.5. The quantitative estimate of drug-likeness (QED) is 0.562. The lowest BCUT2D eigenvalue weighted by Crippen LogP contribution is -2.10. The Balaban J connectivity index is 3.34. The van der Waals surface area contributed by atoms with Gasteiger partial charge in [-0.1, -0.05) is 6.07 Å². The Kier molecular flexibility index (Phi) is 2.57. The van der Waals surface area contributed by atoms with E-state index in [0.717, 1.165) is 6.07 Å². The molecule has 0 unspecified atom stereocenters. The largest absolute Gasteiger partial charge is 0.324 e. The molecule has 1 aromatic rings. The Morgan fingerprint density at radius 3 is 2.62 bits per heavy atom. The van der Waals surface area contributed by atoms with Crippen molar-refractivity contribution < 1.29 is 9.31 Å². The van der Waals surface area contributed by atoms with Crippen LogP contribution in [0.2, 0.25) is 0 Å².